The summed E-state index contributed by atoms with van der Waals surface area (Å²) in [4.78, 5) is 32.0. The van der Waals surface area contributed by atoms with Crippen LogP contribution < -0.4 is 15.8 Å². The van der Waals surface area contributed by atoms with Gasteiger partial charge in [0.1, 0.15) is 5.39 Å². The maximum atomic E-state index is 13.3. The van der Waals surface area contributed by atoms with E-state index >= 15 is 0 Å². The number of nitrogens with one attached hydrogen (secondary N) is 1. The van der Waals surface area contributed by atoms with E-state index in [9.17, 15) is 9.90 Å². The largest absolute Gasteiger partial charge is 0.387 e. The molecule has 0 bridgehead atoms. The van der Waals surface area contributed by atoms with Crippen LogP contribution in [0.25, 0.3) is 16.9 Å². The molecule has 2 N–H and O–H groups in total. The van der Waals surface area contributed by atoms with Gasteiger partial charge in [-0.3, -0.25) is 4.79 Å². The summed E-state index contributed by atoms with van der Waals surface area (Å²) in [5, 5.41) is 14.3. The fourth-order valence-electron chi connectivity index (χ4n) is 5.87. The summed E-state index contributed by atoms with van der Waals surface area (Å²) in [6.07, 6.45) is 7.42. The lowest BCUT2D eigenvalue weighted by atomic mass is 9.94. The number of benzene rings is 1. The van der Waals surface area contributed by atoms with Crippen LogP contribution in [0.2, 0.25) is 0 Å². The van der Waals surface area contributed by atoms with Gasteiger partial charge < -0.3 is 20.2 Å². The summed E-state index contributed by atoms with van der Waals surface area (Å²) < 4.78 is 3.25. The van der Waals surface area contributed by atoms with Crippen molar-refractivity contribution in [3.63, 3.8) is 0 Å². The Balaban J connectivity index is 1.30. The van der Waals surface area contributed by atoms with Gasteiger partial charge in [-0.1, -0.05) is 12.1 Å². The molecule has 0 radical (unpaired) electrons. The van der Waals surface area contributed by atoms with E-state index in [1.54, 1.807) is 21.6 Å². The van der Waals surface area contributed by atoms with Gasteiger partial charge in [-0.15, -0.1) is 6.58 Å². The number of nitrogens with zero attached hydrogens (tertiary/aromatic N) is 7. The number of anilines is 3. The van der Waals surface area contributed by atoms with Crippen molar-refractivity contribution in [3.8, 4) is 5.82 Å². The van der Waals surface area contributed by atoms with Gasteiger partial charge >= 0.3 is 0 Å². The van der Waals surface area contributed by atoms with Crippen LogP contribution in [0, 0.1) is 0 Å². The van der Waals surface area contributed by atoms with Gasteiger partial charge in [0.2, 0.25) is 5.95 Å². The molecule has 2 aliphatic rings. The summed E-state index contributed by atoms with van der Waals surface area (Å²) >= 11 is 0. The van der Waals surface area contributed by atoms with E-state index in [1.807, 2.05) is 24.3 Å². The lowest BCUT2D eigenvalue weighted by Crippen LogP contribution is -2.41. The van der Waals surface area contributed by atoms with Crippen molar-refractivity contribution < 1.29 is 5.11 Å². The zero-order valence-corrected chi connectivity index (χ0v) is 23.1. The fraction of sp³-hybridized carbons (Fsp3) is 0.400. The number of pyridine rings is 1. The first-order valence-electron chi connectivity index (χ1n) is 14.0. The van der Waals surface area contributed by atoms with Gasteiger partial charge in [0.15, 0.2) is 11.5 Å². The smallest absolute Gasteiger partial charge is 0.278 e. The zero-order valence-electron chi connectivity index (χ0n) is 23.1. The average molecular weight is 541 g/mol. The number of hydrogen-bond acceptors (Lipinski definition) is 8. The third kappa shape index (κ3) is 4.89. The first-order valence-corrected chi connectivity index (χ1v) is 14.0. The normalized spacial score (nSPS) is 17.8. The third-order valence-electron chi connectivity index (χ3n) is 8.11. The zero-order chi connectivity index (χ0) is 27.8. The van der Waals surface area contributed by atoms with Gasteiger partial charge in [-0.05, 0) is 82.1 Å². The van der Waals surface area contributed by atoms with Crippen LogP contribution in [0.5, 0.6) is 0 Å². The van der Waals surface area contributed by atoms with Crippen LogP contribution in [0.1, 0.15) is 43.0 Å². The lowest BCUT2D eigenvalue weighted by Gasteiger charge is -2.36. The van der Waals surface area contributed by atoms with Gasteiger partial charge in [0, 0.05) is 36.7 Å². The van der Waals surface area contributed by atoms with Crippen molar-refractivity contribution in [2.75, 3.05) is 37.4 Å². The SMILES string of the molecule is C=CCn1c(=O)c2cnc(Nc3ccc(N4CCC(N(C)C)CC4)cc3)nc2n1-c1ccc2c(n1)C(O)CCC2. The van der Waals surface area contributed by atoms with Crippen molar-refractivity contribution in [1.82, 2.24) is 29.2 Å². The number of piperidine rings is 1. The third-order valence-corrected chi connectivity index (χ3v) is 8.11. The molecule has 4 aromatic rings. The summed E-state index contributed by atoms with van der Waals surface area (Å²) in [6, 6.07) is 12.8. The molecule has 4 heterocycles. The Hall–Kier alpha value is -4.02. The van der Waals surface area contributed by atoms with E-state index in [-0.39, 0.29) is 12.1 Å². The Bertz CT molecular complexity index is 1580. The molecule has 6 rings (SSSR count). The minimum atomic E-state index is -0.612. The van der Waals surface area contributed by atoms with E-state index in [4.69, 9.17) is 9.97 Å². The first kappa shape index (κ1) is 26.2. The van der Waals surface area contributed by atoms with Gasteiger partial charge in [0.25, 0.3) is 5.56 Å². The molecule has 208 valence electrons. The maximum absolute atomic E-state index is 13.3. The fourth-order valence-corrected chi connectivity index (χ4v) is 5.87. The van der Waals surface area contributed by atoms with E-state index in [1.165, 1.54) is 5.69 Å². The van der Waals surface area contributed by atoms with Crippen molar-refractivity contribution in [3.05, 3.63) is 76.9 Å². The predicted molar refractivity (Wildman–Crippen MR) is 158 cm³/mol. The number of aromatic nitrogens is 5. The molecule has 10 nitrogen and oxygen atoms in total. The molecule has 1 unspecified atom stereocenters. The topological polar surface area (TPSA) is 104 Å². The number of aliphatic hydroxyl groups is 1. The van der Waals surface area contributed by atoms with Crippen LogP contribution in [-0.2, 0) is 13.0 Å². The molecule has 1 saturated heterocycles. The van der Waals surface area contributed by atoms with Crippen molar-refractivity contribution in [2.24, 2.45) is 0 Å². The molecular formula is C30H36N8O2. The predicted octanol–water partition coefficient (Wildman–Crippen LogP) is 3.81. The second kappa shape index (κ2) is 10.9. The standard InChI is InChI=1S/C30H36N8O2/c1-4-16-37-29(40)24-19-31-30(32-21-9-11-23(12-10-21)36-17-14-22(15-18-36)35(2)3)34-28(24)38(37)26-13-8-20-6-5-7-25(39)27(20)33-26/h4,8-13,19,22,25,39H,1,5-7,14-18H2,2-3H3,(H,31,32,34). The minimum Gasteiger partial charge on any atom is -0.387 e. The number of aliphatic hydroxyl groups excluding tert-OH is 1. The van der Waals surface area contributed by atoms with Crippen molar-refractivity contribution >= 4 is 28.4 Å². The summed E-state index contributed by atoms with van der Waals surface area (Å²) in [6.45, 7) is 6.19. The van der Waals surface area contributed by atoms with Gasteiger partial charge in [0.05, 0.1) is 18.3 Å². The maximum Gasteiger partial charge on any atom is 0.278 e. The molecule has 1 atom stereocenters. The Morgan fingerprint density at radius 1 is 1.10 bits per heavy atom. The van der Waals surface area contributed by atoms with Crippen molar-refractivity contribution in [2.45, 2.75) is 50.8 Å². The number of hydrogen-bond donors (Lipinski definition) is 2. The molecular weight excluding hydrogens is 504 g/mol. The summed E-state index contributed by atoms with van der Waals surface area (Å²) in [5.41, 5.74) is 4.00. The number of rotatable bonds is 7. The monoisotopic (exact) mass is 540 g/mol. The molecule has 1 aliphatic heterocycles. The number of allylic oxidation sites excluding steroid dienone is 1. The Kier molecular flexibility index (Phi) is 7.12. The lowest BCUT2D eigenvalue weighted by molar-refractivity contribution is 0.151. The van der Waals surface area contributed by atoms with Crippen LogP contribution in [0.4, 0.5) is 17.3 Å². The second-order valence-corrected chi connectivity index (χ2v) is 10.9. The second-order valence-electron chi connectivity index (χ2n) is 10.9. The molecule has 10 heteroatoms. The number of aryl methyl sites for hydroxylation is 1. The van der Waals surface area contributed by atoms with Crippen LogP contribution in [-0.4, -0.2) is 67.5 Å². The molecule has 0 spiro atoms. The Morgan fingerprint density at radius 2 is 1.88 bits per heavy atom. The van der Waals surface area contributed by atoms with E-state index in [0.29, 0.717) is 41.0 Å². The van der Waals surface area contributed by atoms with Crippen LogP contribution in [0.15, 0.2) is 60.0 Å². The summed E-state index contributed by atoms with van der Waals surface area (Å²) in [7, 11) is 4.31. The molecule has 1 aromatic carbocycles. The highest BCUT2D eigenvalue weighted by atomic mass is 16.3. The quantitative estimate of drug-likeness (QED) is 0.341. The Morgan fingerprint density at radius 3 is 2.60 bits per heavy atom. The highest BCUT2D eigenvalue weighted by molar-refractivity contribution is 5.77. The van der Waals surface area contributed by atoms with Gasteiger partial charge in [-0.25, -0.2) is 19.3 Å². The Labute approximate surface area is 233 Å². The number of fused-ring (bicyclic) bond motifs is 2. The molecule has 0 saturated carbocycles. The van der Waals surface area contributed by atoms with Crippen molar-refractivity contribution in [1.29, 1.82) is 0 Å². The first-order chi connectivity index (χ1) is 19.4. The van der Waals surface area contributed by atoms with E-state index in [2.05, 4.69) is 52.9 Å². The molecule has 3 aromatic heterocycles. The highest BCUT2D eigenvalue weighted by Gasteiger charge is 2.24. The minimum absolute atomic E-state index is 0.219. The van der Waals surface area contributed by atoms with E-state index < -0.39 is 6.10 Å². The van der Waals surface area contributed by atoms with E-state index in [0.717, 1.165) is 50.0 Å². The highest BCUT2D eigenvalue weighted by Crippen LogP contribution is 2.30. The van der Waals surface area contributed by atoms with Crippen LogP contribution in [0.3, 0.4) is 0 Å². The average Bonchev–Trinajstić information content (AvgIpc) is 3.24. The molecule has 40 heavy (non-hydrogen) atoms. The van der Waals surface area contributed by atoms with Gasteiger partial charge in [-0.2, -0.15) is 4.98 Å². The molecule has 1 aliphatic carbocycles. The molecule has 1 fully saturated rings. The molecule has 0 amide bonds. The van der Waals surface area contributed by atoms with Crippen LogP contribution >= 0.6 is 0 Å². The summed E-state index contributed by atoms with van der Waals surface area (Å²) in [5.74, 6) is 0.912.